The number of hydrogen-bond acceptors (Lipinski definition) is 11. The van der Waals surface area contributed by atoms with Gasteiger partial charge in [0.25, 0.3) is 10.0 Å². The highest BCUT2D eigenvalue weighted by molar-refractivity contribution is 7.93. The van der Waals surface area contributed by atoms with Crippen LogP contribution in [0.4, 0.5) is 33.6 Å². The van der Waals surface area contributed by atoms with Crippen molar-refractivity contribution in [3.63, 3.8) is 0 Å². The van der Waals surface area contributed by atoms with E-state index in [1.807, 2.05) is 0 Å². The van der Waals surface area contributed by atoms with Crippen molar-refractivity contribution in [3.8, 4) is 11.5 Å². The molecular weight excluding hydrogens is 754 g/mol. The Bertz CT molecular complexity index is 1870. The number of halogens is 3. The zero-order chi connectivity index (χ0) is 39.8. The lowest BCUT2D eigenvalue weighted by molar-refractivity contribution is 0.0468. The van der Waals surface area contributed by atoms with Gasteiger partial charge in [0.1, 0.15) is 29.2 Å². The van der Waals surface area contributed by atoms with Crippen molar-refractivity contribution in [2.24, 2.45) is 11.3 Å². The van der Waals surface area contributed by atoms with E-state index in [4.69, 9.17) is 14.2 Å². The van der Waals surface area contributed by atoms with E-state index in [1.165, 1.54) is 26.4 Å². The summed E-state index contributed by atoms with van der Waals surface area (Å²) in [5.74, 6) is -5.03. The van der Waals surface area contributed by atoms with Gasteiger partial charge >= 0.3 is 12.2 Å². The number of sulfonamides is 1. The minimum atomic E-state index is -5.15. The molecule has 1 aliphatic carbocycles. The summed E-state index contributed by atoms with van der Waals surface area (Å²) in [6, 6.07) is 4.48. The average Bonchev–Trinajstić information content (AvgIpc) is 3.62. The molecule has 1 aromatic heterocycles. The van der Waals surface area contributed by atoms with Crippen LogP contribution in [0.2, 0.25) is 0 Å². The Balaban J connectivity index is 1.60. The maximum absolute atomic E-state index is 15.9. The van der Waals surface area contributed by atoms with E-state index in [-0.39, 0.29) is 28.4 Å². The molecule has 2 aromatic carbocycles. The molecule has 0 bridgehead atoms. The molecule has 1 aliphatic rings. The maximum atomic E-state index is 15.9. The Morgan fingerprint density at radius 3 is 2.39 bits per heavy atom. The second-order valence-corrected chi connectivity index (χ2v) is 16.7. The first-order valence-corrected chi connectivity index (χ1v) is 19.5. The Kier molecular flexibility index (Phi) is 13.9. The van der Waals surface area contributed by atoms with E-state index >= 15 is 13.2 Å². The molecule has 0 spiro atoms. The number of carboxylic acid groups (broad SMARTS) is 1. The fourth-order valence-corrected chi connectivity index (χ4v) is 8.80. The van der Waals surface area contributed by atoms with Gasteiger partial charge in [-0.25, -0.2) is 40.5 Å². The Labute approximate surface area is 317 Å². The van der Waals surface area contributed by atoms with Gasteiger partial charge in [0.15, 0.2) is 16.5 Å². The van der Waals surface area contributed by atoms with Crippen LogP contribution in [0.1, 0.15) is 71.8 Å². The zero-order valence-corrected chi connectivity index (χ0v) is 32.6. The molecule has 2 unspecified atom stereocenters. The van der Waals surface area contributed by atoms with E-state index < -0.39 is 74.3 Å². The summed E-state index contributed by atoms with van der Waals surface area (Å²) in [7, 11) is -2.37. The first-order valence-electron chi connectivity index (χ1n) is 17.3. The maximum Gasteiger partial charge on any atom is 0.407 e. The molecule has 0 radical (unpaired) electrons. The number of nitrogens with one attached hydrogen (secondary N) is 3. The third kappa shape index (κ3) is 10.4. The van der Waals surface area contributed by atoms with Gasteiger partial charge in [-0.3, -0.25) is 0 Å². The van der Waals surface area contributed by atoms with E-state index in [0.717, 1.165) is 25.6 Å². The van der Waals surface area contributed by atoms with Crippen LogP contribution >= 0.6 is 11.5 Å². The van der Waals surface area contributed by atoms with Crippen molar-refractivity contribution in [2.45, 2.75) is 89.3 Å². The van der Waals surface area contributed by atoms with Gasteiger partial charge in [0, 0.05) is 48.4 Å². The first kappa shape index (κ1) is 42.2. The Morgan fingerprint density at radius 1 is 1.11 bits per heavy atom. The molecule has 1 saturated carbocycles. The molecule has 4 N–H and O–H groups in total. The van der Waals surface area contributed by atoms with Crippen molar-refractivity contribution in [2.75, 3.05) is 36.9 Å². The topological polar surface area (TPSA) is 181 Å². The number of nitrogens with zero attached hydrogens (tertiary/aromatic N) is 3. The lowest BCUT2D eigenvalue weighted by Gasteiger charge is -2.46. The fraction of sp³-hybridized carbons (Fsp3) is 0.543. The van der Waals surface area contributed by atoms with E-state index in [2.05, 4.69) is 25.3 Å². The van der Waals surface area contributed by atoms with Crippen LogP contribution in [-0.4, -0.2) is 74.0 Å². The summed E-state index contributed by atoms with van der Waals surface area (Å²) in [5.41, 5.74) is -1.32. The summed E-state index contributed by atoms with van der Waals surface area (Å²) < 4.78 is 95.9. The molecule has 298 valence electrons. The van der Waals surface area contributed by atoms with Crippen LogP contribution in [0, 0.1) is 28.8 Å². The van der Waals surface area contributed by atoms with Crippen LogP contribution in [0.3, 0.4) is 0 Å². The number of alkyl carbamates (subject to hydrolysis) is 1. The molecule has 2 amide bonds. The van der Waals surface area contributed by atoms with Crippen molar-refractivity contribution < 1.29 is 50.5 Å². The lowest BCUT2D eigenvalue weighted by Crippen LogP contribution is -2.46. The SMILES string of the molecule is CCC(NC(=O)O)C(CNc1cc(F)c(S(=O)(=O)N(Cc2ccc(OC)cc2OC)c2ncns2)c(F)c1F)CC1(CCNC(=O)OC(C)(C)C)CCC1. The highest BCUT2D eigenvalue weighted by Crippen LogP contribution is 2.49. The molecule has 0 aliphatic heterocycles. The second-order valence-electron chi connectivity index (χ2n) is 14.1. The van der Waals surface area contributed by atoms with Gasteiger partial charge in [0.05, 0.1) is 26.5 Å². The van der Waals surface area contributed by atoms with Crippen molar-refractivity contribution in [1.82, 2.24) is 20.0 Å². The predicted octanol–water partition coefficient (Wildman–Crippen LogP) is 6.92. The number of methoxy groups -OCH3 is 2. The first-order chi connectivity index (χ1) is 25.4. The highest BCUT2D eigenvalue weighted by Gasteiger charge is 2.41. The third-order valence-corrected chi connectivity index (χ3v) is 11.9. The van der Waals surface area contributed by atoms with Crippen LogP contribution in [0.15, 0.2) is 35.5 Å². The summed E-state index contributed by atoms with van der Waals surface area (Å²) in [4.78, 5) is 26.4. The zero-order valence-electron chi connectivity index (χ0n) is 31.0. The highest BCUT2D eigenvalue weighted by atomic mass is 32.2. The molecule has 3 aromatic rings. The van der Waals surface area contributed by atoms with Gasteiger partial charge in [-0.15, -0.1) is 0 Å². The van der Waals surface area contributed by atoms with Crippen molar-refractivity contribution in [1.29, 1.82) is 0 Å². The molecule has 54 heavy (non-hydrogen) atoms. The van der Waals surface area contributed by atoms with E-state index in [1.54, 1.807) is 33.8 Å². The Morgan fingerprint density at radius 2 is 1.83 bits per heavy atom. The molecule has 2 atom stereocenters. The normalized spacial score (nSPS) is 15.0. The molecule has 0 saturated heterocycles. The molecule has 1 heterocycles. The average molecular weight is 801 g/mol. The van der Waals surface area contributed by atoms with Crippen molar-refractivity contribution >= 4 is 44.6 Å². The monoisotopic (exact) mass is 800 g/mol. The predicted molar refractivity (Wildman–Crippen MR) is 196 cm³/mol. The molecule has 1 fully saturated rings. The third-order valence-electron chi connectivity index (χ3n) is 9.34. The number of ether oxygens (including phenoxy) is 3. The Hall–Kier alpha value is -4.52. The standard InChI is InChI=1S/C35H47F3N6O8S2/c1-7-25(43-32(45)46)22(17-35(11-8-12-35)13-14-39-33(47)52-34(2,3)4)18-40-26-16-24(36)30(29(38)28(26)37)54(48,49)44(31-41-20-42-53-31)19-21-9-10-23(50-5)15-27(21)51-6/h9-10,15-16,20,22,25,40,43H,7-8,11-14,17-19H2,1-6H3,(H,39,47)(H,45,46). The van der Waals surface area contributed by atoms with Gasteiger partial charge in [-0.05, 0) is 76.3 Å². The molecule has 19 heteroatoms. The number of amides is 2. The van der Waals surface area contributed by atoms with Crippen molar-refractivity contribution in [3.05, 3.63) is 53.6 Å². The second kappa shape index (κ2) is 17.7. The fourth-order valence-electron chi connectivity index (χ4n) is 6.57. The summed E-state index contributed by atoms with van der Waals surface area (Å²) >= 11 is 0.646. The van der Waals surface area contributed by atoms with Gasteiger partial charge in [-0.1, -0.05) is 13.3 Å². The number of carbonyl (C=O) groups excluding carboxylic acids is 1. The summed E-state index contributed by atoms with van der Waals surface area (Å²) in [6.45, 7) is 6.71. The van der Waals surface area contributed by atoms with Crippen LogP contribution in [0.5, 0.6) is 11.5 Å². The van der Waals surface area contributed by atoms with E-state index in [0.29, 0.717) is 53.5 Å². The number of benzene rings is 2. The number of carbonyl (C=O) groups is 2. The molecule has 4 rings (SSSR count). The molecule has 14 nitrogen and oxygen atoms in total. The minimum absolute atomic E-state index is 0.115. The summed E-state index contributed by atoms with van der Waals surface area (Å²) in [5, 5.41) is 17.3. The lowest BCUT2D eigenvalue weighted by atomic mass is 9.61. The summed E-state index contributed by atoms with van der Waals surface area (Å²) in [6.07, 6.45) is 3.09. The van der Waals surface area contributed by atoms with E-state index in [9.17, 15) is 23.1 Å². The van der Waals surface area contributed by atoms with Crippen LogP contribution < -0.4 is 29.7 Å². The van der Waals surface area contributed by atoms with Crippen LogP contribution in [-0.2, 0) is 21.3 Å². The van der Waals surface area contributed by atoms with Gasteiger partial charge in [-0.2, -0.15) is 4.37 Å². The largest absolute Gasteiger partial charge is 0.497 e. The smallest absolute Gasteiger partial charge is 0.407 e. The number of anilines is 2. The number of aromatic nitrogens is 2. The quantitative estimate of drug-likeness (QED) is 0.0981. The minimum Gasteiger partial charge on any atom is -0.497 e. The van der Waals surface area contributed by atoms with Gasteiger partial charge in [0.2, 0.25) is 5.13 Å². The van der Waals surface area contributed by atoms with Gasteiger partial charge < -0.3 is 35.3 Å². The number of rotatable bonds is 18. The van der Waals surface area contributed by atoms with Crippen LogP contribution in [0.25, 0.3) is 0 Å². The molecular formula is C35H47F3N6O8S2. The number of hydrogen-bond donors (Lipinski definition) is 4.